The van der Waals surface area contributed by atoms with Crippen LogP contribution in [0.3, 0.4) is 0 Å². The third-order valence-corrected chi connectivity index (χ3v) is 20.3. The molecule has 12 heteroatoms. The van der Waals surface area contributed by atoms with Crippen LogP contribution in [0.25, 0.3) is 10.8 Å². The zero-order valence-corrected chi connectivity index (χ0v) is 66.7. The number of benzene rings is 4. The summed E-state index contributed by atoms with van der Waals surface area (Å²) in [6.45, 7) is 23.6. The monoisotopic (exact) mass is 1520 g/mol. The van der Waals surface area contributed by atoms with E-state index in [0.29, 0.717) is 63.8 Å². The molecule has 0 aliphatic heterocycles. The lowest BCUT2D eigenvalue weighted by atomic mass is 9.84. The minimum atomic E-state index is -0.316. The zero-order valence-electron chi connectivity index (χ0n) is 66.7. The number of aromatic hydroxyl groups is 1. The Kier molecular flexibility index (Phi) is 49.7. The van der Waals surface area contributed by atoms with Crippen LogP contribution in [0.4, 0.5) is 0 Å². The fourth-order valence-corrected chi connectivity index (χ4v) is 12.1. The molecular weight excluding hydrogens is 1380 g/mol. The highest BCUT2D eigenvalue weighted by molar-refractivity contribution is 6.10. The quantitative estimate of drug-likeness (QED) is 0.0741. The lowest BCUT2D eigenvalue weighted by Crippen LogP contribution is -2.19. The second kappa shape index (κ2) is 55.3. The molecule has 0 heterocycles. The zero-order chi connectivity index (χ0) is 79.5. The van der Waals surface area contributed by atoms with Crippen molar-refractivity contribution in [2.45, 2.75) is 252 Å². The summed E-state index contributed by atoms with van der Waals surface area (Å²) in [5, 5.41) is 92.9. The highest BCUT2D eigenvalue weighted by atomic mass is 16.3. The van der Waals surface area contributed by atoms with Crippen molar-refractivity contribution < 1.29 is 60.7 Å². The van der Waals surface area contributed by atoms with Gasteiger partial charge in [-0.2, -0.15) is 0 Å². The number of phenolic OH excluding ortho intramolecular Hbond substituents is 1. The first kappa shape index (κ1) is 99.8. The Bertz CT molecular complexity index is 3880. The molecule has 8 unspecified atom stereocenters. The van der Waals surface area contributed by atoms with Crippen LogP contribution in [0.15, 0.2) is 274 Å². The van der Waals surface area contributed by atoms with Gasteiger partial charge < -0.3 is 51.1 Å². The molecule has 608 valence electrons. The van der Waals surface area contributed by atoms with Crippen molar-refractivity contribution in [3.63, 3.8) is 0 Å². The highest BCUT2D eigenvalue weighted by Gasteiger charge is 2.23. The van der Waals surface area contributed by atoms with Gasteiger partial charge in [-0.15, -0.1) is 0 Å². The molecule has 4 aromatic carbocycles. The van der Waals surface area contributed by atoms with E-state index in [1.165, 1.54) is 30.4 Å². The normalized spacial score (nSPS) is 22.4. The topological polar surface area (TPSA) is 236 Å². The van der Waals surface area contributed by atoms with Crippen molar-refractivity contribution >= 4 is 22.3 Å². The van der Waals surface area contributed by atoms with Crippen molar-refractivity contribution in [2.75, 3.05) is 0 Å². The molecule has 0 saturated heterocycles. The number of Topliss-reactive ketones (excluding diaryl/α,β-unsaturated/α-hetero) is 2. The summed E-state index contributed by atoms with van der Waals surface area (Å²) in [6, 6.07) is 27.5. The van der Waals surface area contributed by atoms with Gasteiger partial charge in [-0.1, -0.05) is 239 Å². The number of phenols is 1. The maximum atomic E-state index is 11.6. The first-order valence-corrected chi connectivity index (χ1v) is 39.0. The van der Waals surface area contributed by atoms with Gasteiger partial charge in [0.05, 0.1) is 47.1 Å². The molecule has 0 bridgehead atoms. The number of hydrogen-bond acceptors (Lipinski definition) is 12. The second-order valence-corrected chi connectivity index (χ2v) is 29.4. The maximum absolute atomic E-state index is 11.6. The molecule has 11 aliphatic carbocycles. The number of aliphatic hydroxyl groups excluding tert-OH is 9. The Balaban J connectivity index is 0.000000607. The molecule has 0 fully saturated rings. The fraction of sp³-hybridized carbons (Fsp3) is 0.434. The number of aryl methyl sites for hydroxylation is 2. The first-order chi connectivity index (χ1) is 51.6. The number of allylic oxidation sites excluding steroid dienone is 25. The predicted molar refractivity (Wildman–Crippen MR) is 470 cm³/mol. The van der Waals surface area contributed by atoms with Gasteiger partial charge >= 0.3 is 0 Å². The van der Waals surface area contributed by atoms with E-state index in [2.05, 4.69) is 50.3 Å². The largest absolute Gasteiger partial charge is 0.512 e. The average Bonchev–Trinajstić information content (AvgIpc) is 0.833. The summed E-state index contributed by atoms with van der Waals surface area (Å²) >= 11 is 0. The predicted octanol–water partition coefficient (Wildman–Crippen LogP) is 26.5. The minimum Gasteiger partial charge on any atom is -0.512 e. The first-order valence-electron chi connectivity index (χ1n) is 39.0. The van der Waals surface area contributed by atoms with Gasteiger partial charge in [0.2, 0.25) is 0 Å². The number of fused-ring (bicyclic) bond motifs is 3. The third kappa shape index (κ3) is 37.6. The van der Waals surface area contributed by atoms with Crippen molar-refractivity contribution in [1.82, 2.24) is 0 Å². The van der Waals surface area contributed by atoms with Gasteiger partial charge in [0.1, 0.15) is 11.5 Å². The summed E-state index contributed by atoms with van der Waals surface area (Å²) in [4.78, 5) is 23.2. The molecule has 0 aromatic heterocycles. The van der Waals surface area contributed by atoms with E-state index in [1.807, 2.05) is 233 Å². The number of ketones is 2. The summed E-state index contributed by atoms with van der Waals surface area (Å²) < 4.78 is 0. The molecule has 15 rings (SSSR count). The Labute approximate surface area is 669 Å². The second-order valence-electron chi connectivity index (χ2n) is 29.4. The van der Waals surface area contributed by atoms with Crippen LogP contribution in [0.5, 0.6) is 5.75 Å². The summed E-state index contributed by atoms with van der Waals surface area (Å²) in [7, 11) is 0. The van der Waals surface area contributed by atoms with Crippen molar-refractivity contribution in [3.8, 4) is 5.75 Å². The standard InChI is InChI=1S/C11H12O.2C11H10O.3C7H12O.6C7H10O.3CH4/c3*1-8-6-7-9-4-2-3-5-10(9)11(8)12;9*1-6-4-2-3-5-7(6)8;;;/h2-5,8H,6-7H2,1H3;2-6H,7H2,1H3;2-7,12H,1H3;8H,2-5H2,1H3;5-6,8H,2-4H2,1H3;2-3,6-8H,4-5H2,1H3;4-5,8H,2-3H2,1H3;3-5,7-8H,2H2,1H3;2,4,8H,3,5H2,1H3;2,4-6,8H,3H2,1H3;2-3,5-6,8H,4H2,1H3;2-4,7-8H,5H2,1H3;3*1H4. The number of aliphatic hydroxyl groups is 9. The molecule has 0 radical (unpaired) electrons. The molecule has 12 nitrogen and oxygen atoms in total. The Morgan fingerprint density at radius 3 is 1.57 bits per heavy atom. The lowest BCUT2D eigenvalue weighted by Gasteiger charge is -2.19. The van der Waals surface area contributed by atoms with Gasteiger partial charge in [0, 0.05) is 53.0 Å². The summed E-state index contributed by atoms with van der Waals surface area (Å²) in [5.41, 5.74) is 11.3. The number of carbonyl (C=O) groups is 2. The van der Waals surface area contributed by atoms with Crippen LogP contribution in [0.1, 0.15) is 251 Å². The lowest BCUT2D eigenvalue weighted by molar-refractivity contribution is 0.0913. The third-order valence-electron chi connectivity index (χ3n) is 20.3. The van der Waals surface area contributed by atoms with Gasteiger partial charge in [-0.25, -0.2) is 0 Å². The van der Waals surface area contributed by atoms with Crippen molar-refractivity contribution in [1.29, 1.82) is 0 Å². The van der Waals surface area contributed by atoms with Crippen molar-refractivity contribution in [2.24, 2.45) is 29.6 Å². The van der Waals surface area contributed by atoms with Gasteiger partial charge in [0.15, 0.2) is 11.6 Å². The highest BCUT2D eigenvalue weighted by Crippen LogP contribution is 2.29. The molecule has 11 aliphatic rings. The summed E-state index contributed by atoms with van der Waals surface area (Å²) in [6.07, 6.45) is 59.0. The van der Waals surface area contributed by atoms with E-state index in [0.717, 1.165) is 170 Å². The number of rotatable bonds is 0. The molecule has 111 heavy (non-hydrogen) atoms. The van der Waals surface area contributed by atoms with E-state index >= 15 is 0 Å². The van der Waals surface area contributed by atoms with Gasteiger partial charge in [-0.3, -0.25) is 9.59 Å². The van der Waals surface area contributed by atoms with Crippen LogP contribution in [0.2, 0.25) is 0 Å². The SMILES string of the molecule is C.C.C.CC1=C(O)CCC=C1.CC1=C(O)CCCC1.CC1=CC=CCC1O.CC1=CCC=CC1O.CC1=CCCC=C1O.CC1=CCc2ccccc2C1=O.CC1C=CCC=C1O.CC1CC=CC=C1O.CC1CC=CCC1O.CC1CCCC=C1O.CC1CCc2ccccc2C1=O.Cc1ccc2ccccc2c1O. The Hall–Kier alpha value is -9.20. The molecule has 0 saturated carbocycles. The van der Waals surface area contributed by atoms with Crippen molar-refractivity contribution in [3.05, 3.63) is 302 Å². The summed E-state index contributed by atoms with van der Waals surface area (Å²) in [5.74, 6) is 5.82. The molecule has 4 aromatic rings. The van der Waals surface area contributed by atoms with Gasteiger partial charge in [-0.05, 0) is 250 Å². The molecule has 0 amide bonds. The molecular formula is C99H140O12. The Morgan fingerprint density at radius 2 is 1.07 bits per heavy atom. The number of hydrogen-bond donors (Lipinski definition) is 10. The Morgan fingerprint density at radius 1 is 0.441 bits per heavy atom. The fourth-order valence-electron chi connectivity index (χ4n) is 12.1. The maximum Gasteiger partial charge on any atom is 0.188 e. The van der Waals surface area contributed by atoms with Crippen LogP contribution >= 0.6 is 0 Å². The van der Waals surface area contributed by atoms with Crippen LogP contribution in [-0.2, 0) is 12.8 Å². The van der Waals surface area contributed by atoms with E-state index in [-0.39, 0.29) is 58.2 Å². The molecule has 10 N–H and O–H groups in total. The van der Waals surface area contributed by atoms with Crippen LogP contribution in [0, 0.1) is 36.5 Å². The number of carbonyl (C=O) groups excluding carboxylic acids is 2. The molecule has 8 atom stereocenters. The van der Waals surface area contributed by atoms with Crippen LogP contribution in [-0.4, -0.2) is 80.9 Å². The van der Waals surface area contributed by atoms with E-state index in [1.54, 1.807) is 6.08 Å². The molecule has 0 spiro atoms. The smallest absolute Gasteiger partial charge is 0.188 e. The minimum absolute atomic E-state index is 0. The van der Waals surface area contributed by atoms with E-state index in [9.17, 15) is 14.7 Å². The van der Waals surface area contributed by atoms with Gasteiger partial charge in [0.25, 0.3) is 0 Å². The average molecular weight is 1520 g/mol. The van der Waals surface area contributed by atoms with Crippen LogP contribution < -0.4 is 0 Å². The van der Waals surface area contributed by atoms with E-state index in [4.69, 9.17) is 46.0 Å². The van der Waals surface area contributed by atoms with E-state index < -0.39 is 0 Å².